The highest BCUT2D eigenvalue weighted by molar-refractivity contribution is 5.69. The van der Waals surface area contributed by atoms with E-state index in [1.165, 1.54) is 18.4 Å². The monoisotopic (exact) mass is 261 g/mol. The van der Waals surface area contributed by atoms with E-state index < -0.39 is 5.97 Å². The van der Waals surface area contributed by atoms with Crippen LogP contribution < -0.4 is 0 Å². The number of likely N-dealkylation sites (N-methyl/N-ethyl adjacent to an activating group) is 1. The first-order valence-electron chi connectivity index (χ1n) is 7.21. The van der Waals surface area contributed by atoms with Crippen molar-refractivity contribution >= 4 is 5.97 Å². The van der Waals surface area contributed by atoms with E-state index in [2.05, 4.69) is 35.2 Å². The molecule has 3 nitrogen and oxygen atoms in total. The van der Waals surface area contributed by atoms with Crippen molar-refractivity contribution in [2.45, 2.75) is 44.6 Å². The van der Waals surface area contributed by atoms with E-state index >= 15 is 0 Å². The molecule has 0 saturated heterocycles. The third-order valence-electron chi connectivity index (χ3n) is 4.23. The van der Waals surface area contributed by atoms with Gasteiger partial charge in [-0.05, 0) is 43.7 Å². The highest BCUT2D eigenvalue weighted by Crippen LogP contribution is 2.34. The zero-order valence-corrected chi connectivity index (χ0v) is 11.6. The van der Waals surface area contributed by atoms with Crippen LogP contribution in [0.1, 0.15) is 44.1 Å². The first-order valence-corrected chi connectivity index (χ1v) is 7.21. The van der Waals surface area contributed by atoms with Crippen LogP contribution in [0.5, 0.6) is 0 Å². The van der Waals surface area contributed by atoms with E-state index in [0.29, 0.717) is 12.0 Å². The molecular formula is C16H23NO2. The Bertz CT molecular complexity index is 396. The standard InChI is InChI=1S/C16H23NO2/c1-2-17(12-16(18)19)15-10-8-14(9-11-15)13-6-4-3-5-7-13/h3-7,14-15H,2,8-12H2,1H3,(H,18,19). The zero-order valence-electron chi connectivity index (χ0n) is 11.6. The van der Waals surface area contributed by atoms with Gasteiger partial charge in [0.25, 0.3) is 0 Å². The van der Waals surface area contributed by atoms with Gasteiger partial charge in [-0.1, -0.05) is 37.3 Å². The summed E-state index contributed by atoms with van der Waals surface area (Å²) in [6, 6.07) is 11.1. The molecule has 1 aromatic rings. The molecule has 0 aliphatic heterocycles. The van der Waals surface area contributed by atoms with E-state index in [4.69, 9.17) is 5.11 Å². The molecule has 0 amide bonds. The third-order valence-corrected chi connectivity index (χ3v) is 4.23. The number of benzene rings is 1. The lowest BCUT2D eigenvalue weighted by Crippen LogP contribution is -2.40. The molecule has 0 heterocycles. The molecule has 0 bridgehead atoms. The molecule has 1 aliphatic rings. The van der Waals surface area contributed by atoms with Crippen molar-refractivity contribution in [1.82, 2.24) is 4.90 Å². The molecule has 0 spiro atoms. The van der Waals surface area contributed by atoms with Gasteiger partial charge in [-0.3, -0.25) is 9.69 Å². The number of carbonyl (C=O) groups is 1. The molecule has 0 radical (unpaired) electrons. The maximum absolute atomic E-state index is 10.9. The van der Waals surface area contributed by atoms with Crippen LogP contribution in [0.25, 0.3) is 0 Å². The van der Waals surface area contributed by atoms with Crippen molar-refractivity contribution < 1.29 is 9.90 Å². The largest absolute Gasteiger partial charge is 0.480 e. The maximum Gasteiger partial charge on any atom is 0.317 e. The molecule has 1 fully saturated rings. The van der Waals surface area contributed by atoms with Gasteiger partial charge in [0, 0.05) is 6.04 Å². The second-order valence-electron chi connectivity index (χ2n) is 5.37. The molecule has 0 unspecified atom stereocenters. The van der Waals surface area contributed by atoms with E-state index in [0.717, 1.165) is 19.4 Å². The summed E-state index contributed by atoms with van der Waals surface area (Å²) in [4.78, 5) is 13.0. The molecular weight excluding hydrogens is 238 g/mol. The predicted octanol–water partition coefficient (Wildman–Crippen LogP) is 3.12. The highest BCUT2D eigenvalue weighted by Gasteiger charge is 2.26. The van der Waals surface area contributed by atoms with E-state index in [1.807, 2.05) is 6.92 Å². The van der Waals surface area contributed by atoms with Gasteiger partial charge >= 0.3 is 5.97 Å². The highest BCUT2D eigenvalue weighted by atomic mass is 16.4. The summed E-state index contributed by atoms with van der Waals surface area (Å²) in [6.45, 7) is 3.05. The summed E-state index contributed by atoms with van der Waals surface area (Å²) in [5, 5.41) is 8.93. The molecule has 0 atom stereocenters. The van der Waals surface area contributed by atoms with Crippen LogP contribution >= 0.6 is 0 Å². The van der Waals surface area contributed by atoms with Crippen molar-refractivity contribution in [2.24, 2.45) is 0 Å². The lowest BCUT2D eigenvalue weighted by atomic mass is 9.81. The molecule has 104 valence electrons. The number of nitrogens with zero attached hydrogens (tertiary/aromatic N) is 1. The molecule has 0 aromatic heterocycles. The van der Waals surface area contributed by atoms with Crippen molar-refractivity contribution in [3.8, 4) is 0 Å². The molecule has 3 heteroatoms. The quantitative estimate of drug-likeness (QED) is 0.885. The first-order chi connectivity index (χ1) is 9.20. The second-order valence-corrected chi connectivity index (χ2v) is 5.37. The van der Waals surface area contributed by atoms with E-state index in [9.17, 15) is 4.79 Å². The topological polar surface area (TPSA) is 40.5 Å². The lowest BCUT2D eigenvalue weighted by molar-refractivity contribution is -0.139. The fourth-order valence-corrected chi connectivity index (χ4v) is 3.17. The Morgan fingerprint density at radius 3 is 2.37 bits per heavy atom. The minimum atomic E-state index is -0.716. The summed E-state index contributed by atoms with van der Waals surface area (Å²) < 4.78 is 0. The fourth-order valence-electron chi connectivity index (χ4n) is 3.17. The molecule has 2 rings (SSSR count). The van der Waals surface area contributed by atoms with Gasteiger partial charge < -0.3 is 5.11 Å². The molecule has 19 heavy (non-hydrogen) atoms. The van der Waals surface area contributed by atoms with Crippen LogP contribution in [0.2, 0.25) is 0 Å². The lowest BCUT2D eigenvalue weighted by Gasteiger charge is -2.35. The smallest absolute Gasteiger partial charge is 0.317 e. The van der Waals surface area contributed by atoms with Crippen molar-refractivity contribution in [3.63, 3.8) is 0 Å². The zero-order chi connectivity index (χ0) is 13.7. The number of carboxylic acids is 1. The Morgan fingerprint density at radius 1 is 1.21 bits per heavy atom. The Kier molecular flexibility index (Phi) is 4.97. The fraction of sp³-hybridized carbons (Fsp3) is 0.562. The summed E-state index contributed by atoms with van der Waals surface area (Å²) in [7, 11) is 0. The van der Waals surface area contributed by atoms with Crippen molar-refractivity contribution in [3.05, 3.63) is 35.9 Å². The van der Waals surface area contributed by atoms with Gasteiger partial charge in [-0.15, -0.1) is 0 Å². The molecule has 1 aromatic carbocycles. The average Bonchev–Trinajstić information content (AvgIpc) is 2.46. The Labute approximate surface area is 115 Å². The normalized spacial score (nSPS) is 23.5. The Morgan fingerprint density at radius 2 is 1.84 bits per heavy atom. The Hall–Kier alpha value is -1.35. The number of hydrogen-bond donors (Lipinski definition) is 1. The van der Waals surface area contributed by atoms with Gasteiger partial charge in [0.05, 0.1) is 6.54 Å². The SMILES string of the molecule is CCN(CC(=O)O)C1CCC(c2ccccc2)CC1. The number of rotatable bonds is 5. The average molecular weight is 261 g/mol. The van der Waals surface area contributed by atoms with E-state index in [1.54, 1.807) is 0 Å². The van der Waals surface area contributed by atoms with Crippen LogP contribution in [-0.2, 0) is 4.79 Å². The van der Waals surface area contributed by atoms with Gasteiger partial charge in [-0.25, -0.2) is 0 Å². The minimum absolute atomic E-state index is 0.178. The third kappa shape index (κ3) is 3.80. The van der Waals surface area contributed by atoms with Crippen molar-refractivity contribution in [1.29, 1.82) is 0 Å². The summed E-state index contributed by atoms with van der Waals surface area (Å²) in [5.74, 6) is -0.0620. The van der Waals surface area contributed by atoms with Crippen LogP contribution in [0.4, 0.5) is 0 Å². The van der Waals surface area contributed by atoms with Gasteiger partial charge in [0.15, 0.2) is 0 Å². The minimum Gasteiger partial charge on any atom is -0.480 e. The van der Waals surface area contributed by atoms with Gasteiger partial charge in [-0.2, -0.15) is 0 Å². The van der Waals surface area contributed by atoms with Crippen LogP contribution in [-0.4, -0.2) is 35.1 Å². The second kappa shape index (κ2) is 6.71. The molecule has 1 N–H and O–H groups in total. The maximum atomic E-state index is 10.9. The predicted molar refractivity (Wildman–Crippen MR) is 76.3 cm³/mol. The Balaban J connectivity index is 1.89. The number of carboxylic acid groups (broad SMARTS) is 1. The van der Waals surface area contributed by atoms with Crippen LogP contribution in [0, 0.1) is 0 Å². The van der Waals surface area contributed by atoms with Crippen molar-refractivity contribution in [2.75, 3.05) is 13.1 Å². The number of hydrogen-bond acceptors (Lipinski definition) is 2. The molecule has 1 saturated carbocycles. The van der Waals surface area contributed by atoms with E-state index in [-0.39, 0.29) is 6.54 Å². The summed E-state index contributed by atoms with van der Waals surface area (Å²) in [5.41, 5.74) is 1.43. The van der Waals surface area contributed by atoms with Gasteiger partial charge in [0.1, 0.15) is 0 Å². The molecule has 1 aliphatic carbocycles. The van der Waals surface area contributed by atoms with Gasteiger partial charge in [0.2, 0.25) is 0 Å². The number of aliphatic carboxylic acids is 1. The van der Waals surface area contributed by atoms with Crippen LogP contribution in [0.3, 0.4) is 0 Å². The summed E-state index contributed by atoms with van der Waals surface area (Å²) in [6.07, 6.45) is 4.57. The first kappa shape index (κ1) is 14.1. The van der Waals surface area contributed by atoms with Crippen LogP contribution in [0.15, 0.2) is 30.3 Å². The summed E-state index contributed by atoms with van der Waals surface area (Å²) >= 11 is 0.